The first-order valence-electron chi connectivity index (χ1n) is 12.1. The third kappa shape index (κ3) is 7.87. The van der Waals surface area contributed by atoms with Gasteiger partial charge < -0.3 is 24.8 Å². The number of nitrogens with one attached hydrogen (secondary N) is 1. The number of fused-ring (bicyclic) bond motifs is 1. The summed E-state index contributed by atoms with van der Waals surface area (Å²) in [5.41, 5.74) is 0.911. The maximum absolute atomic E-state index is 13.1. The van der Waals surface area contributed by atoms with Crippen molar-refractivity contribution in [2.45, 2.75) is 32.7 Å². The summed E-state index contributed by atoms with van der Waals surface area (Å²) >= 11 is 0. The summed E-state index contributed by atoms with van der Waals surface area (Å²) in [5, 5.41) is 12.1. The van der Waals surface area contributed by atoms with Crippen LogP contribution in [-0.2, 0) is 16.1 Å². The SMILES string of the molecule is CCOc1cccc2c1OCCCCCNC(=O)CN(CC(=O)N1CCN(CCO)CC1)C2. The number of piperazine rings is 1. The number of hydrogen-bond acceptors (Lipinski definition) is 7. The lowest BCUT2D eigenvalue weighted by molar-refractivity contribution is -0.135. The molecule has 2 amide bonds. The van der Waals surface area contributed by atoms with Gasteiger partial charge in [0.2, 0.25) is 11.8 Å². The van der Waals surface area contributed by atoms with Crippen LogP contribution in [0.2, 0.25) is 0 Å². The van der Waals surface area contributed by atoms with Gasteiger partial charge in [-0.1, -0.05) is 12.1 Å². The van der Waals surface area contributed by atoms with Gasteiger partial charge in [0, 0.05) is 51.4 Å². The van der Waals surface area contributed by atoms with Crippen LogP contribution in [-0.4, -0.2) is 104 Å². The van der Waals surface area contributed by atoms with Crippen LogP contribution in [0.15, 0.2) is 18.2 Å². The number of hydrogen-bond donors (Lipinski definition) is 2. The van der Waals surface area contributed by atoms with Crippen molar-refractivity contribution in [1.82, 2.24) is 20.0 Å². The van der Waals surface area contributed by atoms with E-state index in [0.717, 1.165) is 37.9 Å². The number of amides is 2. The van der Waals surface area contributed by atoms with Crippen LogP contribution < -0.4 is 14.8 Å². The Labute approximate surface area is 196 Å². The Bertz CT molecular complexity index is 767. The van der Waals surface area contributed by atoms with Crippen molar-refractivity contribution in [3.05, 3.63) is 23.8 Å². The second-order valence-corrected chi connectivity index (χ2v) is 8.53. The Balaban J connectivity index is 1.74. The summed E-state index contributed by atoms with van der Waals surface area (Å²) in [5.74, 6) is 1.34. The fourth-order valence-electron chi connectivity index (χ4n) is 4.25. The molecule has 0 saturated carbocycles. The van der Waals surface area contributed by atoms with Crippen LogP contribution in [0.3, 0.4) is 0 Å². The minimum atomic E-state index is -0.0711. The van der Waals surface area contributed by atoms with Crippen LogP contribution in [0.4, 0.5) is 0 Å². The quantitative estimate of drug-likeness (QED) is 0.643. The van der Waals surface area contributed by atoms with Crippen molar-refractivity contribution in [2.24, 2.45) is 0 Å². The van der Waals surface area contributed by atoms with Crippen molar-refractivity contribution in [2.75, 3.05) is 72.2 Å². The van der Waals surface area contributed by atoms with Gasteiger partial charge in [-0.3, -0.25) is 19.4 Å². The Morgan fingerprint density at radius 3 is 2.70 bits per heavy atom. The monoisotopic (exact) mass is 462 g/mol. The zero-order valence-corrected chi connectivity index (χ0v) is 19.8. The average molecular weight is 463 g/mol. The first-order chi connectivity index (χ1) is 16.1. The predicted octanol–water partition coefficient (Wildman–Crippen LogP) is 0.703. The number of rotatable bonds is 6. The minimum absolute atomic E-state index is 0.0131. The molecular formula is C24H38N4O5. The smallest absolute Gasteiger partial charge is 0.236 e. The van der Waals surface area contributed by atoms with Gasteiger partial charge in [0.15, 0.2) is 11.5 Å². The highest BCUT2D eigenvalue weighted by molar-refractivity contribution is 5.81. The molecule has 0 aromatic heterocycles. The number of aliphatic hydroxyl groups excluding tert-OH is 1. The lowest BCUT2D eigenvalue weighted by Crippen LogP contribution is -2.52. The lowest BCUT2D eigenvalue weighted by atomic mass is 10.1. The molecule has 9 heteroatoms. The van der Waals surface area contributed by atoms with Crippen LogP contribution in [0.5, 0.6) is 11.5 Å². The third-order valence-corrected chi connectivity index (χ3v) is 6.01. The van der Waals surface area contributed by atoms with Crippen LogP contribution in [0.25, 0.3) is 0 Å². The fourth-order valence-corrected chi connectivity index (χ4v) is 4.25. The van der Waals surface area contributed by atoms with Gasteiger partial charge >= 0.3 is 0 Å². The molecule has 1 aromatic carbocycles. The molecule has 3 rings (SSSR count). The van der Waals surface area contributed by atoms with E-state index < -0.39 is 0 Å². The second kappa shape index (κ2) is 13.4. The number of para-hydroxylation sites is 1. The van der Waals surface area contributed by atoms with Gasteiger partial charge in [-0.15, -0.1) is 0 Å². The summed E-state index contributed by atoms with van der Waals surface area (Å²) in [6.07, 6.45) is 2.77. The normalized spacial score (nSPS) is 19.3. The molecule has 2 aliphatic heterocycles. The second-order valence-electron chi connectivity index (χ2n) is 8.53. The molecule has 1 fully saturated rings. The topological polar surface area (TPSA) is 94.6 Å². The van der Waals surface area contributed by atoms with Crippen LogP contribution in [0.1, 0.15) is 31.7 Å². The van der Waals surface area contributed by atoms with Crippen molar-refractivity contribution < 1.29 is 24.2 Å². The molecule has 0 spiro atoms. The Morgan fingerprint density at radius 1 is 1.12 bits per heavy atom. The van der Waals surface area contributed by atoms with E-state index in [2.05, 4.69) is 10.2 Å². The Kier molecular flexibility index (Phi) is 10.2. The minimum Gasteiger partial charge on any atom is -0.490 e. The molecule has 0 aliphatic carbocycles. The zero-order chi connectivity index (χ0) is 23.5. The predicted molar refractivity (Wildman–Crippen MR) is 125 cm³/mol. The van der Waals surface area contributed by atoms with E-state index in [0.29, 0.717) is 57.4 Å². The van der Waals surface area contributed by atoms with Gasteiger partial charge in [-0.2, -0.15) is 0 Å². The van der Waals surface area contributed by atoms with Gasteiger partial charge in [0.1, 0.15) is 0 Å². The average Bonchev–Trinajstić information content (AvgIpc) is 2.81. The Morgan fingerprint density at radius 2 is 1.94 bits per heavy atom. The highest BCUT2D eigenvalue weighted by atomic mass is 16.5. The first-order valence-corrected chi connectivity index (χ1v) is 12.1. The number of β-amino-alcohol motifs (C(OH)–C–C–N with tert-alkyl or cyclic N) is 1. The highest BCUT2D eigenvalue weighted by Gasteiger charge is 2.25. The van der Waals surface area contributed by atoms with E-state index in [1.54, 1.807) is 0 Å². The number of aliphatic hydroxyl groups is 1. The molecule has 0 radical (unpaired) electrons. The molecule has 2 aliphatic rings. The van der Waals surface area contributed by atoms with Crippen molar-refractivity contribution in [3.63, 3.8) is 0 Å². The number of ether oxygens (including phenoxy) is 2. The molecule has 9 nitrogen and oxygen atoms in total. The number of nitrogens with zero attached hydrogens (tertiary/aromatic N) is 3. The van der Waals surface area contributed by atoms with Crippen molar-refractivity contribution >= 4 is 11.8 Å². The van der Waals surface area contributed by atoms with E-state index in [9.17, 15) is 9.59 Å². The van der Waals surface area contributed by atoms with Gasteiger partial charge in [-0.25, -0.2) is 0 Å². The van der Waals surface area contributed by atoms with E-state index in [4.69, 9.17) is 14.6 Å². The van der Waals surface area contributed by atoms with E-state index in [1.807, 2.05) is 34.9 Å². The van der Waals surface area contributed by atoms with Crippen molar-refractivity contribution in [3.8, 4) is 11.5 Å². The van der Waals surface area contributed by atoms with E-state index >= 15 is 0 Å². The van der Waals surface area contributed by atoms with Crippen LogP contribution in [0, 0.1) is 0 Å². The number of benzene rings is 1. The largest absolute Gasteiger partial charge is 0.490 e. The highest BCUT2D eigenvalue weighted by Crippen LogP contribution is 2.32. The van der Waals surface area contributed by atoms with Crippen molar-refractivity contribution in [1.29, 1.82) is 0 Å². The molecule has 0 atom stereocenters. The maximum Gasteiger partial charge on any atom is 0.236 e. The maximum atomic E-state index is 13.1. The fraction of sp³-hybridized carbons (Fsp3) is 0.667. The summed E-state index contributed by atoms with van der Waals surface area (Å²) in [6, 6.07) is 5.79. The standard InChI is InChI=1S/C24H38N4O5/c1-2-32-21-8-6-7-20-17-27(18-22(30)25-9-4-3-5-16-33-24(20)21)19-23(31)28-12-10-26(11-13-28)14-15-29/h6-8,29H,2-5,9-19H2,1H3,(H,25,30). The van der Waals surface area contributed by atoms with Crippen LogP contribution >= 0.6 is 0 Å². The van der Waals surface area contributed by atoms with Gasteiger partial charge in [-0.05, 0) is 32.3 Å². The molecule has 1 aromatic rings. The third-order valence-electron chi connectivity index (χ3n) is 6.01. The molecular weight excluding hydrogens is 424 g/mol. The summed E-state index contributed by atoms with van der Waals surface area (Å²) in [4.78, 5) is 31.5. The van der Waals surface area contributed by atoms with Gasteiger partial charge in [0.25, 0.3) is 0 Å². The lowest BCUT2D eigenvalue weighted by Gasteiger charge is -2.35. The summed E-state index contributed by atoms with van der Waals surface area (Å²) in [6.45, 7) is 7.94. The molecule has 184 valence electrons. The summed E-state index contributed by atoms with van der Waals surface area (Å²) in [7, 11) is 0. The summed E-state index contributed by atoms with van der Waals surface area (Å²) < 4.78 is 11.9. The molecule has 2 heterocycles. The van der Waals surface area contributed by atoms with E-state index in [1.165, 1.54) is 0 Å². The molecule has 1 saturated heterocycles. The number of carbonyl (C=O) groups excluding carboxylic acids is 2. The molecule has 2 N–H and O–H groups in total. The van der Waals surface area contributed by atoms with Gasteiger partial charge in [0.05, 0.1) is 32.9 Å². The molecule has 0 bridgehead atoms. The molecule has 33 heavy (non-hydrogen) atoms. The zero-order valence-electron chi connectivity index (χ0n) is 19.8. The number of carbonyl (C=O) groups is 2. The Hall–Kier alpha value is -2.36. The first kappa shape index (κ1) is 25.3. The molecule has 0 unspecified atom stereocenters. The van der Waals surface area contributed by atoms with E-state index in [-0.39, 0.29) is 31.5 Å².